The first kappa shape index (κ1) is 31.8. The molecular formula is C42H34B8O. The summed E-state index contributed by atoms with van der Waals surface area (Å²) in [5.41, 5.74) is 20.4. The zero-order valence-corrected chi connectivity index (χ0v) is 30.8. The minimum atomic E-state index is 0.926. The Balaban J connectivity index is 1.54. The Labute approximate surface area is 306 Å². The fourth-order valence-electron chi connectivity index (χ4n) is 8.90. The van der Waals surface area contributed by atoms with Crippen molar-refractivity contribution in [1.82, 2.24) is 0 Å². The summed E-state index contributed by atoms with van der Waals surface area (Å²) in [7, 11) is 18.6. The third kappa shape index (κ3) is 4.60. The molecule has 0 amide bonds. The van der Waals surface area contributed by atoms with Crippen LogP contribution in [0.25, 0.3) is 87.6 Å². The average Bonchev–Trinajstić information content (AvgIpc) is 3.54. The first-order chi connectivity index (χ1) is 24.7. The molecule has 9 heteroatoms. The highest BCUT2D eigenvalue weighted by Gasteiger charge is 2.26. The fraction of sp³-hybridized carbons (Fsp3) is 0. The molecular weight excluding hydrogens is 607 g/mol. The van der Waals surface area contributed by atoms with Crippen molar-refractivity contribution in [3.63, 3.8) is 0 Å². The van der Waals surface area contributed by atoms with Crippen LogP contribution >= 0.6 is 0 Å². The quantitative estimate of drug-likeness (QED) is 0.163. The lowest BCUT2D eigenvalue weighted by molar-refractivity contribution is 0.669. The molecule has 1 heterocycles. The van der Waals surface area contributed by atoms with Crippen molar-refractivity contribution in [3.05, 3.63) is 109 Å². The highest BCUT2D eigenvalue weighted by atomic mass is 16.3. The second kappa shape index (κ2) is 11.7. The van der Waals surface area contributed by atoms with Crippen LogP contribution in [0.15, 0.2) is 114 Å². The summed E-state index contributed by atoms with van der Waals surface area (Å²) in [6.07, 6.45) is 0. The zero-order chi connectivity index (χ0) is 35.3. The van der Waals surface area contributed by atoms with E-state index in [1.165, 1.54) is 109 Å². The predicted molar refractivity (Wildman–Crippen MR) is 248 cm³/mol. The van der Waals surface area contributed by atoms with Crippen LogP contribution in [0.2, 0.25) is 0 Å². The molecule has 0 spiro atoms. The Morgan fingerprint density at radius 3 is 1.43 bits per heavy atom. The van der Waals surface area contributed by atoms with Gasteiger partial charge in [-0.05, 0) is 96.0 Å². The fourth-order valence-corrected chi connectivity index (χ4v) is 8.90. The highest BCUT2D eigenvalue weighted by Crippen LogP contribution is 2.44. The van der Waals surface area contributed by atoms with Gasteiger partial charge in [-0.15, -0.1) is 21.9 Å². The molecule has 0 unspecified atom stereocenters. The normalized spacial score (nSPS) is 11.8. The number of hydrogen-bond acceptors (Lipinski definition) is 1. The lowest BCUT2D eigenvalue weighted by atomic mass is 9.59. The Hall–Kier alpha value is -5.14. The topological polar surface area (TPSA) is 13.1 Å². The van der Waals surface area contributed by atoms with Crippen LogP contribution in [0, 0.1) is 0 Å². The van der Waals surface area contributed by atoms with Crippen LogP contribution < -0.4 is 43.7 Å². The number of furan rings is 1. The van der Waals surface area contributed by atoms with Crippen LogP contribution in [0.3, 0.4) is 0 Å². The first-order valence-corrected chi connectivity index (χ1v) is 18.1. The first-order valence-electron chi connectivity index (χ1n) is 18.1. The number of fused-ring (bicyclic) bond motifs is 6. The van der Waals surface area contributed by atoms with Crippen LogP contribution in [-0.4, -0.2) is 62.8 Å². The van der Waals surface area contributed by atoms with Crippen molar-refractivity contribution in [1.29, 1.82) is 0 Å². The van der Waals surface area contributed by atoms with E-state index in [4.69, 9.17) is 4.42 Å². The van der Waals surface area contributed by atoms with Crippen molar-refractivity contribution in [3.8, 4) is 33.4 Å². The van der Waals surface area contributed by atoms with Gasteiger partial charge in [-0.1, -0.05) is 101 Å². The van der Waals surface area contributed by atoms with E-state index < -0.39 is 0 Å². The Morgan fingerprint density at radius 2 is 0.824 bits per heavy atom. The van der Waals surface area contributed by atoms with Crippen LogP contribution in [0.4, 0.5) is 0 Å². The second-order valence-corrected chi connectivity index (χ2v) is 14.7. The van der Waals surface area contributed by atoms with Crippen LogP contribution in [0.1, 0.15) is 0 Å². The summed E-state index contributed by atoms with van der Waals surface area (Å²) in [5.74, 6) is 0. The molecule has 51 heavy (non-hydrogen) atoms. The van der Waals surface area contributed by atoms with E-state index in [0.717, 1.165) is 21.9 Å². The third-order valence-corrected chi connectivity index (χ3v) is 12.3. The minimum Gasteiger partial charge on any atom is -0.456 e. The average molecular weight is 641 g/mol. The molecule has 0 aliphatic heterocycles. The standard InChI is InChI=1S/C42H34B8O/c43-35-31-29(21-14-15-28-26(17-21)24-12-6-7-13-27(24)51-28)32-34(38(46)42(50)40(48)36(32)44)30(33(31)37(45)41(49)39(35)47)22-16-20-10-4-5-11-23(20)25(18-22)19-8-2-1-3-9-19/h1-18H,43-50H2. The van der Waals surface area contributed by atoms with E-state index >= 15 is 0 Å². The van der Waals surface area contributed by atoms with E-state index in [1.54, 1.807) is 0 Å². The lowest BCUT2D eigenvalue weighted by Crippen LogP contribution is -2.50. The molecule has 0 atom stereocenters. The Kier molecular flexibility index (Phi) is 7.30. The molecule has 0 saturated heterocycles. The lowest BCUT2D eigenvalue weighted by Gasteiger charge is -2.28. The number of benzene rings is 8. The number of hydrogen-bond donors (Lipinski definition) is 0. The van der Waals surface area contributed by atoms with Gasteiger partial charge in [-0.3, -0.25) is 0 Å². The van der Waals surface area contributed by atoms with Gasteiger partial charge in [0.05, 0.1) is 0 Å². The molecule has 0 N–H and O–H groups in total. The second-order valence-electron chi connectivity index (χ2n) is 14.7. The third-order valence-electron chi connectivity index (χ3n) is 12.3. The maximum absolute atomic E-state index is 6.33. The zero-order valence-electron chi connectivity index (χ0n) is 30.8. The molecule has 0 saturated carbocycles. The van der Waals surface area contributed by atoms with Gasteiger partial charge in [0.25, 0.3) is 0 Å². The molecule has 0 bridgehead atoms. The smallest absolute Gasteiger partial charge is 0.139 e. The van der Waals surface area contributed by atoms with E-state index in [2.05, 4.69) is 172 Å². The van der Waals surface area contributed by atoms with E-state index in [0.29, 0.717) is 0 Å². The largest absolute Gasteiger partial charge is 0.456 e. The van der Waals surface area contributed by atoms with E-state index in [9.17, 15) is 0 Å². The highest BCUT2D eigenvalue weighted by molar-refractivity contribution is 6.71. The summed E-state index contributed by atoms with van der Waals surface area (Å²) < 4.78 is 6.33. The molecule has 1 aromatic heterocycles. The van der Waals surface area contributed by atoms with Crippen molar-refractivity contribution >= 4 is 161 Å². The van der Waals surface area contributed by atoms with Crippen LogP contribution in [0.5, 0.6) is 0 Å². The van der Waals surface area contributed by atoms with Gasteiger partial charge >= 0.3 is 0 Å². The Morgan fingerprint density at radius 1 is 0.333 bits per heavy atom. The summed E-state index contributed by atoms with van der Waals surface area (Å²) in [4.78, 5) is 0. The maximum Gasteiger partial charge on any atom is 0.139 e. The van der Waals surface area contributed by atoms with E-state index in [1.807, 2.05) is 0 Å². The number of rotatable bonds is 3. The molecule has 8 aromatic carbocycles. The van der Waals surface area contributed by atoms with Gasteiger partial charge < -0.3 is 4.42 Å². The van der Waals surface area contributed by atoms with Crippen molar-refractivity contribution in [2.45, 2.75) is 0 Å². The molecule has 0 radical (unpaired) electrons. The summed E-state index contributed by atoms with van der Waals surface area (Å²) in [6.45, 7) is 0. The SMILES string of the molecule is Bc1c(B)c(B)c2c(-c3ccc4oc5ccccc5c4c3)c3c(B)c(B)c(B)c(B)c3c(-c3cc(-c4ccccc4)c4ccccc4c3)c2c1B. The minimum absolute atomic E-state index is 0.926. The van der Waals surface area contributed by atoms with Gasteiger partial charge in [0.1, 0.15) is 73.9 Å². The summed E-state index contributed by atoms with van der Waals surface area (Å²) >= 11 is 0. The van der Waals surface area contributed by atoms with Gasteiger partial charge in [0.15, 0.2) is 0 Å². The summed E-state index contributed by atoms with van der Waals surface area (Å²) in [6, 6.07) is 39.9. The predicted octanol–water partition coefficient (Wildman–Crippen LogP) is -1.89. The van der Waals surface area contributed by atoms with Gasteiger partial charge in [-0.25, -0.2) is 0 Å². The monoisotopic (exact) mass is 642 g/mol. The molecule has 9 rings (SSSR count). The molecule has 9 aromatic rings. The molecule has 1 nitrogen and oxygen atoms in total. The van der Waals surface area contributed by atoms with Crippen molar-refractivity contribution in [2.75, 3.05) is 0 Å². The maximum atomic E-state index is 6.33. The molecule has 232 valence electrons. The summed E-state index contributed by atoms with van der Waals surface area (Å²) in [5, 5.41) is 10.3. The molecule has 0 aliphatic carbocycles. The van der Waals surface area contributed by atoms with Crippen molar-refractivity contribution in [2.24, 2.45) is 0 Å². The van der Waals surface area contributed by atoms with Crippen molar-refractivity contribution < 1.29 is 4.42 Å². The number of para-hydroxylation sites is 1. The van der Waals surface area contributed by atoms with Gasteiger partial charge in [0, 0.05) is 10.8 Å². The van der Waals surface area contributed by atoms with Gasteiger partial charge in [0.2, 0.25) is 0 Å². The van der Waals surface area contributed by atoms with E-state index in [-0.39, 0.29) is 0 Å². The Bertz CT molecular complexity index is 2870. The molecule has 0 fully saturated rings. The molecule has 0 aliphatic rings. The van der Waals surface area contributed by atoms with Gasteiger partial charge in [-0.2, -0.15) is 0 Å². The van der Waals surface area contributed by atoms with Crippen LogP contribution in [-0.2, 0) is 0 Å².